The summed E-state index contributed by atoms with van der Waals surface area (Å²) in [5.41, 5.74) is 10.6. The number of anilines is 2. The van der Waals surface area contributed by atoms with Gasteiger partial charge in [0.2, 0.25) is 11.8 Å². The molecule has 0 aromatic heterocycles. The van der Waals surface area contributed by atoms with Crippen molar-refractivity contribution in [3.05, 3.63) is 130 Å². The van der Waals surface area contributed by atoms with Gasteiger partial charge in [-0.05, 0) is 65.8 Å². The second-order valence-electron chi connectivity index (χ2n) is 13.7. The van der Waals surface area contributed by atoms with E-state index in [1.807, 2.05) is 72.8 Å². The van der Waals surface area contributed by atoms with E-state index >= 15 is 0 Å². The number of carbonyl (C=O) groups excluding carboxylic acids is 2. The van der Waals surface area contributed by atoms with Crippen molar-refractivity contribution < 1.29 is 29.3 Å². The molecule has 0 unspecified atom stereocenters. The van der Waals surface area contributed by atoms with Crippen molar-refractivity contribution in [1.82, 2.24) is 10.2 Å². The van der Waals surface area contributed by atoms with Crippen LogP contribution in [0.4, 0.5) is 11.4 Å². The first-order valence-electron chi connectivity index (χ1n) is 17.9. The van der Waals surface area contributed by atoms with E-state index in [0.717, 1.165) is 40.9 Å². The Kier molecular flexibility index (Phi) is 12.6. The molecule has 52 heavy (non-hydrogen) atoms. The van der Waals surface area contributed by atoms with Gasteiger partial charge in [0.25, 0.3) is 0 Å². The Bertz CT molecular complexity index is 1780. The molecule has 0 spiro atoms. The van der Waals surface area contributed by atoms with Crippen LogP contribution < -0.4 is 16.4 Å². The zero-order valence-corrected chi connectivity index (χ0v) is 29.9. The van der Waals surface area contributed by atoms with E-state index in [0.29, 0.717) is 55.2 Å². The van der Waals surface area contributed by atoms with Gasteiger partial charge >= 0.3 is 0 Å². The predicted octanol–water partition coefficient (Wildman–Crippen LogP) is 6.37. The Labute approximate surface area is 309 Å². The molecule has 4 aromatic carbocycles. The highest BCUT2D eigenvalue weighted by Crippen LogP contribution is 2.39. The van der Waals surface area contributed by atoms with Crippen LogP contribution in [-0.4, -0.2) is 52.7 Å². The van der Waals surface area contributed by atoms with Crippen molar-refractivity contribution in [2.75, 3.05) is 30.7 Å². The van der Waals surface area contributed by atoms with Crippen molar-refractivity contribution in [3.8, 4) is 0 Å². The number of halogens is 1. The van der Waals surface area contributed by atoms with E-state index in [-0.39, 0.29) is 43.5 Å². The van der Waals surface area contributed by atoms with E-state index in [1.165, 1.54) is 0 Å². The minimum Gasteiger partial charge on any atom is -0.397 e. The number of hydrogen-bond acceptors (Lipinski definition) is 8. The molecular weight excluding hydrogens is 680 g/mol. The Morgan fingerprint density at radius 2 is 1.50 bits per heavy atom. The van der Waals surface area contributed by atoms with Crippen molar-refractivity contribution in [3.63, 3.8) is 0 Å². The van der Waals surface area contributed by atoms with Crippen LogP contribution in [0, 0.1) is 0 Å². The Morgan fingerprint density at radius 3 is 2.19 bits per heavy atom. The number of nitrogens with zero attached hydrogens (tertiary/aromatic N) is 1. The molecule has 6 N–H and O–H groups in total. The van der Waals surface area contributed by atoms with Gasteiger partial charge in [-0.15, -0.1) is 0 Å². The van der Waals surface area contributed by atoms with Gasteiger partial charge in [0, 0.05) is 56.0 Å². The van der Waals surface area contributed by atoms with Crippen LogP contribution in [0.5, 0.6) is 0 Å². The molecule has 11 heteroatoms. The molecule has 3 atom stereocenters. The topological polar surface area (TPSA) is 146 Å². The Balaban J connectivity index is 1.02. The molecule has 2 fully saturated rings. The van der Waals surface area contributed by atoms with E-state index in [4.69, 9.17) is 26.8 Å². The predicted molar refractivity (Wildman–Crippen MR) is 201 cm³/mol. The minimum atomic E-state index is -0.882. The molecule has 0 aliphatic carbocycles. The molecule has 2 saturated heterocycles. The third-order valence-corrected chi connectivity index (χ3v) is 10.2. The number of hydrogen-bond donors (Lipinski definition) is 5. The lowest BCUT2D eigenvalue weighted by atomic mass is 9.84. The van der Waals surface area contributed by atoms with Gasteiger partial charge < -0.3 is 41.0 Å². The fraction of sp³-hybridized carbons (Fsp3) is 0.366. The smallest absolute Gasteiger partial charge is 0.224 e. The number of nitrogen functional groups attached to an aromatic ring is 1. The molecule has 0 saturated carbocycles. The summed E-state index contributed by atoms with van der Waals surface area (Å²) < 4.78 is 13.1. The standard InChI is InChI=1S/C41H47ClN4O6/c42-33-18-16-32(17-19-33)41(50)20-22-46(23-21-41)26-34-24-37(30-12-10-29(27-47)11-13-30)52-40(51-34)31-14-8-28(9-15-31)25-44-38(48)6-3-7-39(49)45-36-5-2-1-4-35(36)43/h1-2,4-5,8-19,34,37,40,47,50H,3,6-7,20-27,43H2,(H,44,48)(H,45,49)/t34-,37+,40+/m0/s1. The quantitative estimate of drug-likeness (QED) is 0.100. The Hall–Kier alpha value is -4.29. The highest BCUT2D eigenvalue weighted by Gasteiger charge is 2.37. The fourth-order valence-electron chi connectivity index (χ4n) is 6.79. The molecule has 0 bridgehead atoms. The van der Waals surface area contributed by atoms with Gasteiger partial charge in [0.15, 0.2) is 6.29 Å². The van der Waals surface area contributed by atoms with Crippen molar-refractivity contribution in [2.45, 2.75) is 75.8 Å². The van der Waals surface area contributed by atoms with E-state index < -0.39 is 11.9 Å². The first kappa shape index (κ1) is 37.5. The monoisotopic (exact) mass is 726 g/mol. The number of nitrogens with one attached hydrogen (secondary N) is 2. The number of carbonyl (C=O) groups is 2. The summed E-state index contributed by atoms with van der Waals surface area (Å²) in [4.78, 5) is 27.1. The second kappa shape index (κ2) is 17.5. The summed E-state index contributed by atoms with van der Waals surface area (Å²) in [7, 11) is 0. The van der Waals surface area contributed by atoms with Crippen LogP contribution >= 0.6 is 11.6 Å². The Morgan fingerprint density at radius 1 is 0.846 bits per heavy atom. The van der Waals surface area contributed by atoms with Crippen LogP contribution in [0.25, 0.3) is 0 Å². The summed E-state index contributed by atoms with van der Waals surface area (Å²) in [6, 6.07) is 30.2. The maximum atomic E-state index is 12.5. The van der Waals surface area contributed by atoms with E-state index in [2.05, 4.69) is 15.5 Å². The SMILES string of the molecule is Nc1ccccc1NC(=O)CCCC(=O)NCc1ccc([C@@H]2O[C@H](CN3CCC(O)(c4ccc(Cl)cc4)CC3)C[C@H](c3ccc(CO)cc3)O2)cc1. The number of likely N-dealkylation sites (tertiary alicyclic amines) is 1. The van der Waals surface area contributed by atoms with E-state index in [1.54, 1.807) is 24.3 Å². The molecule has 2 heterocycles. The minimum absolute atomic E-state index is 0.0217. The van der Waals surface area contributed by atoms with Gasteiger partial charge in [0.1, 0.15) is 0 Å². The van der Waals surface area contributed by atoms with Gasteiger partial charge in [-0.3, -0.25) is 9.59 Å². The number of para-hydroxylation sites is 2. The normalized spacial score (nSPS) is 20.2. The zero-order valence-electron chi connectivity index (χ0n) is 29.2. The molecular formula is C41H47ClN4O6. The third-order valence-electron chi connectivity index (χ3n) is 9.93. The lowest BCUT2D eigenvalue weighted by molar-refractivity contribution is -0.253. The lowest BCUT2D eigenvalue weighted by Crippen LogP contribution is -2.46. The molecule has 2 aliphatic heterocycles. The highest BCUT2D eigenvalue weighted by molar-refractivity contribution is 6.30. The average molecular weight is 727 g/mol. The summed E-state index contributed by atoms with van der Waals surface area (Å²) >= 11 is 6.08. The van der Waals surface area contributed by atoms with Crippen molar-refractivity contribution in [2.24, 2.45) is 0 Å². The first-order chi connectivity index (χ1) is 25.2. The maximum absolute atomic E-state index is 12.5. The molecule has 4 aromatic rings. The van der Waals surface area contributed by atoms with Crippen LogP contribution in [0.2, 0.25) is 5.02 Å². The van der Waals surface area contributed by atoms with Crippen LogP contribution in [0.3, 0.4) is 0 Å². The fourth-order valence-corrected chi connectivity index (χ4v) is 6.92. The molecule has 274 valence electrons. The van der Waals surface area contributed by atoms with Crippen molar-refractivity contribution >= 4 is 34.8 Å². The number of benzene rings is 4. The number of piperidine rings is 1. The van der Waals surface area contributed by atoms with Gasteiger partial charge in [-0.2, -0.15) is 0 Å². The number of nitrogens with two attached hydrogens (primary N) is 1. The third kappa shape index (κ3) is 9.97. The maximum Gasteiger partial charge on any atom is 0.224 e. The lowest BCUT2D eigenvalue weighted by Gasteiger charge is -2.42. The average Bonchev–Trinajstić information content (AvgIpc) is 3.16. The van der Waals surface area contributed by atoms with Crippen molar-refractivity contribution in [1.29, 1.82) is 0 Å². The molecule has 0 radical (unpaired) electrons. The van der Waals surface area contributed by atoms with Crippen LogP contribution in [0.1, 0.15) is 78.7 Å². The number of amides is 2. The van der Waals surface area contributed by atoms with Gasteiger partial charge in [-0.1, -0.05) is 84.4 Å². The number of ether oxygens (including phenoxy) is 2. The molecule has 10 nitrogen and oxygen atoms in total. The van der Waals surface area contributed by atoms with Crippen LogP contribution in [0.15, 0.2) is 97.1 Å². The molecule has 6 rings (SSSR count). The summed E-state index contributed by atoms with van der Waals surface area (Å²) in [6.07, 6.45) is 1.85. The van der Waals surface area contributed by atoms with Gasteiger partial charge in [-0.25, -0.2) is 0 Å². The number of rotatable bonds is 13. The highest BCUT2D eigenvalue weighted by atomic mass is 35.5. The zero-order chi connectivity index (χ0) is 36.5. The summed E-state index contributed by atoms with van der Waals surface area (Å²) in [6.45, 7) is 2.51. The number of aliphatic hydroxyl groups excluding tert-OH is 1. The van der Waals surface area contributed by atoms with E-state index in [9.17, 15) is 19.8 Å². The second-order valence-corrected chi connectivity index (χ2v) is 14.1. The molecule has 2 aliphatic rings. The summed E-state index contributed by atoms with van der Waals surface area (Å²) in [5.74, 6) is -0.311. The first-order valence-corrected chi connectivity index (χ1v) is 18.3. The van der Waals surface area contributed by atoms with Crippen LogP contribution in [-0.2, 0) is 37.8 Å². The van der Waals surface area contributed by atoms with Gasteiger partial charge in [0.05, 0.1) is 35.8 Å². The molecule has 2 amide bonds. The largest absolute Gasteiger partial charge is 0.397 e. The summed E-state index contributed by atoms with van der Waals surface area (Å²) in [5, 5.41) is 27.3. The number of aliphatic hydroxyl groups is 2.